The van der Waals surface area contributed by atoms with Crippen LogP contribution < -0.4 is 4.72 Å². The standard InChI is InChI=1S/C16H30N4O2S/c1-12-6-13(2)10-19(9-12)23(21,22)17-8-14(3)11-20-16(5)7-15(4)18-20/h7,12-14,17H,6,8-11H2,1-5H3/t12-,13-,14+/m0/s1. The molecule has 1 aromatic rings. The number of hydrogen-bond acceptors (Lipinski definition) is 3. The molecule has 1 N–H and O–H groups in total. The van der Waals surface area contributed by atoms with Crippen molar-refractivity contribution in [2.24, 2.45) is 17.8 Å². The molecule has 0 aliphatic carbocycles. The Balaban J connectivity index is 1.89. The van der Waals surface area contributed by atoms with Gasteiger partial charge in [0, 0.05) is 31.9 Å². The molecule has 2 heterocycles. The van der Waals surface area contributed by atoms with Gasteiger partial charge < -0.3 is 0 Å². The highest BCUT2D eigenvalue weighted by molar-refractivity contribution is 7.87. The van der Waals surface area contributed by atoms with Crippen LogP contribution in [0.3, 0.4) is 0 Å². The van der Waals surface area contributed by atoms with Crippen molar-refractivity contribution < 1.29 is 8.42 Å². The van der Waals surface area contributed by atoms with E-state index in [0.29, 0.717) is 31.5 Å². The van der Waals surface area contributed by atoms with Crippen LogP contribution in [0.2, 0.25) is 0 Å². The SMILES string of the molecule is Cc1cc(C)n(C[C@H](C)CNS(=O)(=O)N2C[C@@H](C)C[C@H](C)C2)n1. The van der Waals surface area contributed by atoms with Gasteiger partial charge >= 0.3 is 0 Å². The molecule has 0 radical (unpaired) electrons. The van der Waals surface area contributed by atoms with Crippen LogP contribution in [0, 0.1) is 31.6 Å². The summed E-state index contributed by atoms with van der Waals surface area (Å²) in [6.45, 7) is 12.6. The van der Waals surface area contributed by atoms with Gasteiger partial charge in [-0.3, -0.25) is 4.68 Å². The second-order valence-corrected chi connectivity index (χ2v) is 9.09. The predicted molar refractivity (Wildman–Crippen MR) is 92.3 cm³/mol. The van der Waals surface area contributed by atoms with Crippen LogP contribution in [0.4, 0.5) is 0 Å². The summed E-state index contributed by atoms with van der Waals surface area (Å²) in [6.07, 6.45) is 1.10. The maximum atomic E-state index is 12.5. The van der Waals surface area contributed by atoms with E-state index in [9.17, 15) is 8.42 Å². The maximum absolute atomic E-state index is 12.5. The van der Waals surface area contributed by atoms with Crippen molar-refractivity contribution in [3.8, 4) is 0 Å². The van der Waals surface area contributed by atoms with Gasteiger partial charge in [-0.05, 0) is 44.1 Å². The van der Waals surface area contributed by atoms with Gasteiger partial charge in [0.2, 0.25) is 0 Å². The van der Waals surface area contributed by atoms with E-state index in [1.54, 1.807) is 4.31 Å². The zero-order valence-electron chi connectivity index (χ0n) is 14.9. The lowest BCUT2D eigenvalue weighted by molar-refractivity contribution is 0.220. The number of nitrogens with zero attached hydrogens (tertiary/aromatic N) is 3. The largest absolute Gasteiger partial charge is 0.279 e. The summed E-state index contributed by atoms with van der Waals surface area (Å²) < 4.78 is 31.3. The molecule has 7 heteroatoms. The second kappa shape index (κ2) is 7.32. The molecule has 0 amide bonds. The Hall–Kier alpha value is -0.920. The highest BCUT2D eigenvalue weighted by atomic mass is 32.2. The average Bonchev–Trinajstić information content (AvgIpc) is 2.73. The van der Waals surface area contributed by atoms with Gasteiger partial charge in [0.25, 0.3) is 10.2 Å². The monoisotopic (exact) mass is 342 g/mol. The minimum Gasteiger partial charge on any atom is -0.269 e. The van der Waals surface area contributed by atoms with Crippen molar-refractivity contribution in [2.75, 3.05) is 19.6 Å². The first-order chi connectivity index (χ1) is 10.7. The van der Waals surface area contributed by atoms with Crippen molar-refractivity contribution >= 4 is 10.2 Å². The average molecular weight is 343 g/mol. The number of rotatable bonds is 6. The van der Waals surface area contributed by atoms with Gasteiger partial charge in [0.15, 0.2) is 0 Å². The number of aryl methyl sites for hydroxylation is 2. The van der Waals surface area contributed by atoms with E-state index in [0.717, 1.165) is 24.4 Å². The smallest absolute Gasteiger partial charge is 0.269 e. The van der Waals surface area contributed by atoms with Crippen LogP contribution in [-0.4, -0.2) is 42.1 Å². The predicted octanol–water partition coefficient (Wildman–Crippen LogP) is 1.95. The Morgan fingerprint density at radius 2 is 1.91 bits per heavy atom. The molecule has 1 aromatic heterocycles. The Labute approximate surface area is 140 Å². The molecule has 0 unspecified atom stereocenters. The molecule has 6 nitrogen and oxygen atoms in total. The summed E-state index contributed by atoms with van der Waals surface area (Å²) in [5, 5.41) is 4.43. The Morgan fingerprint density at radius 1 is 1.30 bits per heavy atom. The fraction of sp³-hybridized carbons (Fsp3) is 0.812. The first-order valence-electron chi connectivity index (χ1n) is 8.43. The summed E-state index contributed by atoms with van der Waals surface area (Å²) >= 11 is 0. The molecule has 3 atom stereocenters. The van der Waals surface area contributed by atoms with Crippen LogP contribution in [0.15, 0.2) is 6.07 Å². The van der Waals surface area contributed by atoms with E-state index in [-0.39, 0.29) is 5.92 Å². The van der Waals surface area contributed by atoms with Crippen LogP contribution in [0.25, 0.3) is 0 Å². The molecule has 1 saturated heterocycles. The third-order valence-corrected chi connectivity index (χ3v) is 5.89. The van der Waals surface area contributed by atoms with E-state index in [1.165, 1.54) is 0 Å². The molecule has 0 saturated carbocycles. The van der Waals surface area contributed by atoms with Crippen molar-refractivity contribution in [1.82, 2.24) is 18.8 Å². The summed E-state index contributed by atoms with van der Waals surface area (Å²) in [7, 11) is -3.39. The molecule has 0 bridgehead atoms. The van der Waals surface area contributed by atoms with Crippen molar-refractivity contribution in [1.29, 1.82) is 0 Å². The van der Waals surface area contributed by atoms with Crippen LogP contribution in [0.1, 0.15) is 38.6 Å². The molecule has 1 fully saturated rings. The van der Waals surface area contributed by atoms with Crippen molar-refractivity contribution in [2.45, 2.75) is 47.6 Å². The fourth-order valence-corrected chi connectivity index (χ4v) is 4.94. The Kier molecular flexibility index (Phi) is 5.86. The number of aromatic nitrogens is 2. The highest BCUT2D eigenvalue weighted by Crippen LogP contribution is 2.22. The summed E-state index contributed by atoms with van der Waals surface area (Å²) in [5.74, 6) is 1.02. The van der Waals surface area contributed by atoms with E-state index in [4.69, 9.17) is 0 Å². The van der Waals surface area contributed by atoms with Gasteiger partial charge in [-0.15, -0.1) is 0 Å². The minimum absolute atomic E-state index is 0.183. The number of nitrogens with one attached hydrogen (secondary N) is 1. The van der Waals surface area contributed by atoms with Crippen molar-refractivity contribution in [3.63, 3.8) is 0 Å². The van der Waals surface area contributed by atoms with E-state index in [1.807, 2.05) is 31.5 Å². The molecule has 2 rings (SSSR count). The first-order valence-corrected chi connectivity index (χ1v) is 9.87. The Morgan fingerprint density at radius 3 is 2.43 bits per heavy atom. The quantitative estimate of drug-likeness (QED) is 0.859. The lowest BCUT2D eigenvalue weighted by atomic mass is 9.94. The maximum Gasteiger partial charge on any atom is 0.279 e. The van der Waals surface area contributed by atoms with Gasteiger partial charge in [-0.2, -0.15) is 17.8 Å². The van der Waals surface area contributed by atoms with Gasteiger partial charge in [-0.25, -0.2) is 4.72 Å². The fourth-order valence-electron chi connectivity index (χ4n) is 3.36. The number of hydrogen-bond donors (Lipinski definition) is 1. The van der Waals surface area contributed by atoms with Crippen LogP contribution in [-0.2, 0) is 16.8 Å². The van der Waals surface area contributed by atoms with Gasteiger partial charge in [-0.1, -0.05) is 20.8 Å². The first kappa shape index (κ1) is 18.4. The second-order valence-electron chi connectivity index (χ2n) is 7.33. The third-order valence-electron chi connectivity index (χ3n) is 4.38. The molecule has 0 spiro atoms. The van der Waals surface area contributed by atoms with Gasteiger partial charge in [0.1, 0.15) is 0 Å². The molecule has 1 aliphatic heterocycles. The normalized spacial score (nSPS) is 24.7. The zero-order valence-corrected chi connectivity index (χ0v) is 15.7. The van der Waals surface area contributed by atoms with Crippen molar-refractivity contribution in [3.05, 3.63) is 17.5 Å². The highest BCUT2D eigenvalue weighted by Gasteiger charge is 2.30. The number of piperidine rings is 1. The molecule has 23 heavy (non-hydrogen) atoms. The minimum atomic E-state index is -3.39. The topological polar surface area (TPSA) is 67.2 Å². The van der Waals surface area contributed by atoms with E-state index in [2.05, 4.69) is 23.7 Å². The van der Waals surface area contributed by atoms with Crippen LogP contribution >= 0.6 is 0 Å². The Bertz CT molecular complexity index is 616. The molecule has 132 valence electrons. The molecule has 0 aromatic carbocycles. The van der Waals surface area contributed by atoms with E-state index >= 15 is 0 Å². The zero-order chi connectivity index (χ0) is 17.2. The lowest BCUT2D eigenvalue weighted by Gasteiger charge is -2.34. The van der Waals surface area contributed by atoms with Gasteiger partial charge in [0.05, 0.1) is 5.69 Å². The summed E-state index contributed by atoms with van der Waals surface area (Å²) in [4.78, 5) is 0. The summed E-state index contributed by atoms with van der Waals surface area (Å²) in [5.41, 5.74) is 2.10. The molecular weight excluding hydrogens is 312 g/mol. The molecular formula is C16H30N4O2S. The van der Waals surface area contributed by atoms with E-state index < -0.39 is 10.2 Å². The lowest BCUT2D eigenvalue weighted by Crippen LogP contribution is -2.48. The van der Waals surface area contributed by atoms with Crippen LogP contribution in [0.5, 0.6) is 0 Å². The summed E-state index contributed by atoms with van der Waals surface area (Å²) in [6, 6.07) is 2.04. The molecule has 1 aliphatic rings. The third kappa shape index (κ3) is 5.02.